The second-order valence-corrected chi connectivity index (χ2v) is 6.80. The molecule has 0 bridgehead atoms. The zero-order valence-corrected chi connectivity index (χ0v) is 15.0. The van der Waals surface area contributed by atoms with Crippen LogP contribution in [0.5, 0.6) is 0 Å². The van der Waals surface area contributed by atoms with Crippen LogP contribution in [-0.2, 0) is 29.2 Å². The van der Waals surface area contributed by atoms with Crippen LogP contribution in [0.3, 0.4) is 0 Å². The Labute approximate surface area is 151 Å². The van der Waals surface area contributed by atoms with Crippen LogP contribution in [-0.4, -0.2) is 55.2 Å². The van der Waals surface area contributed by atoms with Gasteiger partial charge in [0.05, 0.1) is 13.0 Å². The van der Waals surface area contributed by atoms with E-state index in [9.17, 15) is 40.0 Å². The molecule has 0 rings (SSSR count). The van der Waals surface area contributed by atoms with E-state index < -0.39 is 57.8 Å². The Kier molecular flexibility index (Phi) is 8.33. The summed E-state index contributed by atoms with van der Waals surface area (Å²) >= 11 is 0. The lowest BCUT2D eigenvalue weighted by molar-refractivity contribution is -0.348. The number of hydrogen-bond acceptors (Lipinski definition) is 6. The van der Waals surface area contributed by atoms with Crippen molar-refractivity contribution in [3.8, 4) is 0 Å². The lowest BCUT2D eigenvalue weighted by Crippen LogP contribution is -2.62. The van der Waals surface area contributed by atoms with Gasteiger partial charge in [0.15, 0.2) is 0 Å². The molecule has 2 N–H and O–H groups in total. The Balaban J connectivity index is 5.82. The van der Waals surface area contributed by atoms with Crippen molar-refractivity contribution in [2.45, 2.75) is 43.9 Å². The van der Waals surface area contributed by atoms with Gasteiger partial charge in [-0.15, -0.1) is 0 Å². The number of carbonyl (C=O) groups is 2. The monoisotopic (exact) mass is 427 g/mol. The van der Waals surface area contributed by atoms with Crippen molar-refractivity contribution in [2.75, 3.05) is 13.2 Å². The molecule has 158 valence electrons. The van der Waals surface area contributed by atoms with Gasteiger partial charge in [0, 0.05) is 12.1 Å². The number of amides is 1. The van der Waals surface area contributed by atoms with Gasteiger partial charge >= 0.3 is 39.2 Å². The van der Waals surface area contributed by atoms with Crippen molar-refractivity contribution < 1.29 is 54.0 Å². The molecule has 0 radical (unpaired) electrons. The van der Waals surface area contributed by atoms with Crippen LogP contribution in [0.25, 0.3) is 0 Å². The largest absolute Gasteiger partial charge is 0.466 e. The summed E-state index contributed by atoms with van der Waals surface area (Å²) in [6, 6.07) is 0. The molecular formula is C13H18F5NO7S. The Hall–Kier alpha value is -1.80. The first-order valence-corrected chi connectivity index (χ1v) is 8.68. The Bertz CT molecular complexity index is 677. The average molecular weight is 427 g/mol. The highest BCUT2D eigenvalue weighted by molar-refractivity contribution is 7.86. The third-order valence-corrected chi connectivity index (χ3v) is 3.83. The highest BCUT2D eigenvalue weighted by Gasteiger charge is 2.66. The maximum Gasteiger partial charge on any atom is 0.466 e. The van der Waals surface area contributed by atoms with Crippen molar-refractivity contribution in [3.63, 3.8) is 0 Å². The molecule has 27 heavy (non-hydrogen) atoms. The number of hydrogen-bond donors (Lipinski definition) is 2. The minimum absolute atomic E-state index is 0.176. The Morgan fingerprint density at radius 3 is 2.07 bits per heavy atom. The second kappa shape index (κ2) is 8.93. The fourth-order valence-corrected chi connectivity index (χ4v) is 1.77. The average Bonchev–Trinajstić information content (AvgIpc) is 2.48. The third kappa shape index (κ3) is 6.39. The van der Waals surface area contributed by atoms with Gasteiger partial charge in [-0.3, -0.25) is 9.35 Å². The van der Waals surface area contributed by atoms with Crippen LogP contribution in [0.2, 0.25) is 0 Å². The van der Waals surface area contributed by atoms with Gasteiger partial charge in [-0.25, -0.2) is 4.79 Å². The predicted molar refractivity (Wildman–Crippen MR) is 80.1 cm³/mol. The van der Waals surface area contributed by atoms with Gasteiger partial charge in [0.25, 0.3) is 0 Å². The molecule has 14 heteroatoms. The fourth-order valence-electron chi connectivity index (χ4n) is 1.42. The molecule has 0 aliphatic rings. The summed E-state index contributed by atoms with van der Waals surface area (Å²) in [5.41, 5.74) is -0.557. The summed E-state index contributed by atoms with van der Waals surface area (Å²) < 4.78 is 104. The minimum Gasteiger partial charge on any atom is -0.412 e. The summed E-state index contributed by atoms with van der Waals surface area (Å²) in [7, 11) is -5.94. The molecule has 0 aromatic rings. The van der Waals surface area contributed by atoms with Crippen LogP contribution in [0.4, 0.5) is 22.0 Å². The summed E-state index contributed by atoms with van der Waals surface area (Å²) in [6.45, 7) is 3.47. The standard InChI is InChI=1S/C13H18F5NO7S/c1-4-6-19-10(21)12(13(16,17)18,26-9(20)8(2)3)25-7-5-11(14,15)27(22,23)24/h2,4-7H2,1,3H3,(H,19,21)(H,22,23,24). The molecule has 0 aromatic heterocycles. The lowest BCUT2D eigenvalue weighted by atomic mass is 10.2. The van der Waals surface area contributed by atoms with Gasteiger partial charge in [0.1, 0.15) is 0 Å². The second-order valence-electron chi connectivity index (χ2n) is 5.25. The quantitative estimate of drug-likeness (QED) is 0.179. The zero-order chi connectivity index (χ0) is 21.7. The molecule has 8 nitrogen and oxygen atoms in total. The fraction of sp³-hybridized carbons (Fsp3) is 0.692. The number of alkyl halides is 5. The van der Waals surface area contributed by atoms with E-state index in [1.807, 2.05) is 0 Å². The van der Waals surface area contributed by atoms with Crippen molar-refractivity contribution in [2.24, 2.45) is 0 Å². The molecule has 0 spiro atoms. The van der Waals surface area contributed by atoms with E-state index in [-0.39, 0.29) is 13.0 Å². The van der Waals surface area contributed by atoms with E-state index in [1.165, 1.54) is 6.92 Å². The number of esters is 1. The molecule has 1 atom stereocenters. The van der Waals surface area contributed by atoms with Crippen LogP contribution >= 0.6 is 0 Å². The number of ether oxygens (including phenoxy) is 2. The topological polar surface area (TPSA) is 119 Å². The molecule has 0 saturated carbocycles. The maximum atomic E-state index is 13.5. The summed E-state index contributed by atoms with van der Waals surface area (Å²) in [5.74, 6) is -8.05. The highest BCUT2D eigenvalue weighted by Crippen LogP contribution is 2.37. The van der Waals surface area contributed by atoms with Gasteiger partial charge in [0.2, 0.25) is 0 Å². The molecular weight excluding hydrogens is 409 g/mol. The number of halogens is 5. The molecule has 0 fully saturated rings. The molecule has 1 unspecified atom stereocenters. The first-order valence-electron chi connectivity index (χ1n) is 7.24. The van der Waals surface area contributed by atoms with Crippen LogP contribution < -0.4 is 5.32 Å². The lowest BCUT2D eigenvalue weighted by Gasteiger charge is -2.33. The zero-order valence-electron chi connectivity index (χ0n) is 14.2. The molecule has 0 saturated heterocycles. The van der Waals surface area contributed by atoms with E-state index in [0.29, 0.717) is 0 Å². The molecule has 0 aromatic carbocycles. The molecule has 0 aliphatic heterocycles. The number of carbonyl (C=O) groups excluding carboxylic acids is 2. The van der Waals surface area contributed by atoms with E-state index in [1.54, 1.807) is 5.32 Å². The third-order valence-electron chi connectivity index (χ3n) is 2.87. The van der Waals surface area contributed by atoms with E-state index in [0.717, 1.165) is 6.92 Å². The number of rotatable bonds is 10. The van der Waals surface area contributed by atoms with Crippen molar-refractivity contribution >= 4 is 22.0 Å². The van der Waals surface area contributed by atoms with Crippen LogP contribution in [0.1, 0.15) is 26.7 Å². The van der Waals surface area contributed by atoms with Gasteiger partial charge in [-0.1, -0.05) is 13.5 Å². The summed E-state index contributed by atoms with van der Waals surface area (Å²) in [4.78, 5) is 23.5. The predicted octanol–water partition coefficient (Wildman–Crippen LogP) is 1.78. The minimum atomic E-state index is -5.94. The Morgan fingerprint density at radius 1 is 1.19 bits per heavy atom. The maximum absolute atomic E-state index is 13.5. The first-order chi connectivity index (χ1) is 12.0. The first kappa shape index (κ1) is 25.2. The molecule has 0 aliphatic carbocycles. The normalized spacial score (nSPS) is 15.0. The van der Waals surface area contributed by atoms with Crippen molar-refractivity contribution in [3.05, 3.63) is 12.2 Å². The van der Waals surface area contributed by atoms with Gasteiger partial charge in [-0.2, -0.15) is 30.4 Å². The SMILES string of the molecule is C=C(C)C(=O)OC(OCCC(F)(F)S(=O)(=O)O)(C(=O)NCCC)C(F)(F)F. The van der Waals surface area contributed by atoms with Gasteiger partial charge in [-0.05, 0) is 13.3 Å². The van der Waals surface area contributed by atoms with Crippen LogP contribution in [0, 0.1) is 0 Å². The van der Waals surface area contributed by atoms with E-state index in [2.05, 4.69) is 16.1 Å². The van der Waals surface area contributed by atoms with Crippen molar-refractivity contribution in [1.29, 1.82) is 0 Å². The molecule has 1 amide bonds. The van der Waals surface area contributed by atoms with E-state index >= 15 is 0 Å². The smallest absolute Gasteiger partial charge is 0.412 e. The van der Waals surface area contributed by atoms with Crippen LogP contribution in [0.15, 0.2) is 12.2 Å². The van der Waals surface area contributed by atoms with E-state index in [4.69, 9.17) is 4.55 Å². The molecule has 0 heterocycles. The highest BCUT2D eigenvalue weighted by atomic mass is 32.2. The Morgan fingerprint density at radius 2 is 1.70 bits per heavy atom. The van der Waals surface area contributed by atoms with Gasteiger partial charge < -0.3 is 14.8 Å². The van der Waals surface area contributed by atoms with Crippen molar-refractivity contribution in [1.82, 2.24) is 5.32 Å². The summed E-state index contributed by atoms with van der Waals surface area (Å²) in [5, 5.41) is -3.10. The summed E-state index contributed by atoms with van der Waals surface area (Å²) in [6.07, 6.45) is -7.49. The number of nitrogens with one attached hydrogen (secondary N) is 1.